The summed E-state index contributed by atoms with van der Waals surface area (Å²) in [5.74, 6) is -2.40. The second-order valence-electron chi connectivity index (χ2n) is 13.7. The Balaban J connectivity index is 4.01. The Morgan fingerprint density at radius 1 is 0.588 bits per heavy atom. The standard InChI is InChI=1S/C42H74N2O7/c1-3-5-7-9-10-11-12-13-14-15-16-17-18-19-20-21-22-23-24-25-30-34-41(48)51-37(31-27-8-6-4-2)32-28-26-29-33-39(46)43-35-40(47)44-38(36-45)42(49)50/h12-13,15-16,18-19,37-38,45H,3-11,14,17,20-36H2,1-2H3,(H,43,46)(H,44,47)(H,49,50)/b13-12-,16-15-,19-18-. The molecule has 9 heteroatoms. The number of ether oxygens (including phenoxy) is 1. The molecule has 51 heavy (non-hydrogen) atoms. The number of allylic oxidation sites excluding steroid dienone is 6. The maximum absolute atomic E-state index is 12.6. The van der Waals surface area contributed by atoms with E-state index in [1.165, 1.54) is 64.2 Å². The van der Waals surface area contributed by atoms with Crippen LogP contribution in [0.2, 0.25) is 0 Å². The van der Waals surface area contributed by atoms with Crippen LogP contribution in [0, 0.1) is 0 Å². The highest BCUT2D eigenvalue weighted by Crippen LogP contribution is 2.17. The number of hydrogen-bond donors (Lipinski definition) is 4. The van der Waals surface area contributed by atoms with Gasteiger partial charge in [0.2, 0.25) is 11.8 Å². The van der Waals surface area contributed by atoms with Crippen LogP contribution >= 0.6 is 0 Å². The van der Waals surface area contributed by atoms with Crippen molar-refractivity contribution < 1.29 is 34.1 Å². The van der Waals surface area contributed by atoms with Gasteiger partial charge in [0.15, 0.2) is 0 Å². The number of nitrogens with one attached hydrogen (secondary N) is 2. The molecule has 0 heterocycles. The van der Waals surface area contributed by atoms with Gasteiger partial charge in [-0.3, -0.25) is 14.4 Å². The first-order valence-electron chi connectivity index (χ1n) is 20.4. The van der Waals surface area contributed by atoms with Gasteiger partial charge in [0, 0.05) is 12.8 Å². The highest BCUT2D eigenvalue weighted by Gasteiger charge is 2.19. The zero-order chi connectivity index (χ0) is 37.6. The molecule has 0 aliphatic rings. The van der Waals surface area contributed by atoms with E-state index in [2.05, 4.69) is 60.9 Å². The van der Waals surface area contributed by atoms with E-state index in [9.17, 15) is 19.2 Å². The van der Waals surface area contributed by atoms with E-state index in [0.717, 1.165) is 83.5 Å². The molecule has 0 aromatic carbocycles. The maximum Gasteiger partial charge on any atom is 0.328 e. The molecule has 0 fully saturated rings. The number of esters is 1. The fourth-order valence-corrected chi connectivity index (χ4v) is 5.72. The van der Waals surface area contributed by atoms with Gasteiger partial charge in [0.1, 0.15) is 12.1 Å². The molecule has 0 aliphatic heterocycles. The molecule has 0 spiro atoms. The van der Waals surface area contributed by atoms with Gasteiger partial charge in [0.05, 0.1) is 13.2 Å². The Morgan fingerprint density at radius 2 is 1.06 bits per heavy atom. The van der Waals surface area contributed by atoms with Crippen LogP contribution in [-0.2, 0) is 23.9 Å². The molecule has 0 rings (SSSR count). The van der Waals surface area contributed by atoms with E-state index in [1.807, 2.05) is 0 Å². The summed E-state index contributed by atoms with van der Waals surface area (Å²) >= 11 is 0. The van der Waals surface area contributed by atoms with Crippen LogP contribution in [0.1, 0.15) is 181 Å². The van der Waals surface area contributed by atoms with Crippen LogP contribution < -0.4 is 10.6 Å². The van der Waals surface area contributed by atoms with E-state index in [0.29, 0.717) is 12.8 Å². The first-order chi connectivity index (χ1) is 24.8. The largest absolute Gasteiger partial charge is 0.480 e. The maximum atomic E-state index is 12.6. The molecule has 0 aromatic heterocycles. The predicted molar refractivity (Wildman–Crippen MR) is 208 cm³/mol. The van der Waals surface area contributed by atoms with Gasteiger partial charge in [0.25, 0.3) is 0 Å². The lowest BCUT2D eigenvalue weighted by Gasteiger charge is -2.18. The molecular formula is C42H74N2O7. The number of amides is 2. The summed E-state index contributed by atoms with van der Waals surface area (Å²) in [7, 11) is 0. The molecular weight excluding hydrogens is 644 g/mol. The molecule has 0 aliphatic carbocycles. The van der Waals surface area contributed by atoms with Crippen LogP contribution in [-0.4, -0.2) is 59.3 Å². The molecule has 0 saturated carbocycles. The summed E-state index contributed by atoms with van der Waals surface area (Å²) in [4.78, 5) is 47.3. The van der Waals surface area contributed by atoms with Gasteiger partial charge >= 0.3 is 11.9 Å². The number of aliphatic carboxylic acids is 1. The first-order valence-corrected chi connectivity index (χ1v) is 20.4. The van der Waals surface area contributed by atoms with Crippen molar-refractivity contribution in [1.29, 1.82) is 0 Å². The Kier molecular flexibility index (Phi) is 34.7. The lowest BCUT2D eigenvalue weighted by molar-refractivity contribution is -0.150. The van der Waals surface area contributed by atoms with Gasteiger partial charge in [-0.05, 0) is 77.0 Å². The van der Waals surface area contributed by atoms with E-state index in [1.54, 1.807) is 0 Å². The smallest absolute Gasteiger partial charge is 0.328 e. The van der Waals surface area contributed by atoms with Gasteiger partial charge in [-0.25, -0.2) is 4.79 Å². The highest BCUT2D eigenvalue weighted by atomic mass is 16.5. The number of unbranched alkanes of at least 4 members (excludes halogenated alkanes) is 16. The van der Waals surface area contributed by atoms with E-state index >= 15 is 0 Å². The van der Waals surface area contributed by atoms with Crippen LogP contribution in [0.3, 0.4) is 0 Å². The Morgan fingerprint density at radius 3 is 1.61 bits per heavy atom. The lowest BCUT2D eigenvalue weighted by Crippen LogP contribution is -2.47. The topological polar surface area (TPSA) is 142 Å². The molecule has 294 valence electrons. The number of carbonyl (C=O) groups excluding carboxylic acids is 3. The fourth-order valence-electron chi connectivity index (χ4n) is 5.72. The molecule has 0 radical (unpaired) electrons. The summed E-state index contributed by atoms with van der Waals surface area (Å²) in [6, 6.07) is -1.39. The number of carboxylic acid groups (broad SMARTS) is 1. The van der Waals surface area contributed by atoms with Crippen molar-refractivity contribution in [2.24, 2.45) is 0 Å². The number of carbonyl (C=O) groups is 4. The van der Waals surface area contributed by atoms with Crippen molar-refractivity contribution in [1.82, 2.24) is 10.6 Å². The molecule has 4 N–H and O–H groups in total. The van der Waals surface area contributed by atoms with Crippen molar-refractivity contribution in [3.63, 3.8) is 0 Å². The van der Waals surface area contributed by atoms with E-state index < -0.39 is 24.5 Å². The molecule has 0 bridgehead atoms. The van der Waals surface area contributed by atoms with Crippen LogP contribution in [0.4, 0.5) is 0 Å². The average Bonchev–Trinajstić information content (AvgIpc) is 3.11. The van der Waals surface area contributed by atoms with Gasteiger partial charge < -0.3 is 25.6 Å². The second-order valence-corrected chi connectivity index (χ2v) is 13.7. The van der Waals surface area contributed by atoms with Crippen molar-refractivity contribution in [2.45, 2.75) is 193 Å². The molecule has 2 amide bonds. The summed E-state index contributed by atoms with van der Waals surface area (Å²) in [5.41, 5.74) is 0. The second kappa shape index (κ2) is 36.8. The zero-order valence-corrected chi connectivity index (χ0v) is 32.4. The van der Waals surface area contributed by atoms with E-state index in [-0.39, 0.29) is 30.9 Å². The SMILES string of the molecule is CCCCCCC/C=C\C/C=C\C/C=C\CCCCCCCCC(=O)OC(CCCCCC)CCCCCC(=O)NCC(=O)NC(CO)C(=O)O. The Labute approximate surface area is 310 Å². The Bertz CT molecular complexity index is 963. The first kappa shape index (κ1) is 48.1. The summed E-state index contributed by atoms with van der Waals surface area (Å²) in [6.45, 7) is 3.37. The van der Waals surface area contributed by atoms with Crippen molar-refractivity contribution >= 4 is 23.8 Å². The fraction of sp³-hybridized carbons (Fsp3) is 0.762. The normalized spacial score (nSPS) is 12.8. The van der Waals surface area contributed by atoms with Crippen molar-refractivity contribution in [3.8, 4) is 0 Å². The number of hydrogen-bond acceptors (Lipinski definition) is 6. The molecule has 2 unspecified atom stereocenters. The third kappa shape index (κ3) is 33.9. The quantitative estimate of drug-likeness (QED) is 0.0287. The highest BCUT2D eigenvalue weighted by molar-refractivity contribution is 5.87. The minimum atomic E-state index is -1.39. The van der Waals surface area contributed by atoms with Gasteiger partial charge in [-0.1, -0.05) is 127 Å². The van der Waals surface area contributed by atoms with Crippen molar-refractivity contribution in [2.75, 3.05) is 13.2 Å². The zero-order valence-electron chi connectivity index (χ0n) is 32.4. The predicted octanol–water partition coefficient (Wildman–Crippen LogP) is 9.43. The molecule has 2 atom stereocenters. The molecule has 9 nitrogen and oxygen atoms in total. The van der Waals surface area contributed by atoms with Crippen molar-refractivity contribution in [3.05, 3.63) is 36.5 Å². The van der Waals surface area contributed by atoms with Crippen LogP contribution in [0.25, 0.3) is 0 Å². The van der Waals surface area contributed by atoms with Crippen LogP contribution in [0.5, 0.6) is 0 Å². The number of aliphatic hydroxyl groups is 1. The van der Waals surface area contributed by atoms with E-state index in [4.69, 9.17) is 14.9 Å². The summed E-state index contributed by atoms with van der Waals surface area (Å²) < 4.78 is 5.89. The van der Waals surface area contributed by atoms with Gasteiger partial charge in [-0.15, -0.1) is 0 Å². The number of aliphatic hydroxyl groups excluding tert-OH is 1. The summed E-state index contributed by atoms with van der Waals surface area (Å²) in [5, 5.41) is 22.5. The monoisotopic (exact) mass is 719 g/mol. The third-order valence-electron chi connectivity index (χ3n) is 8.89. The minimum absolute atomic E-state index is 0.0872. The minimum Gasteiger partial charge on any atom is -0.480 e. The number of rotatable bonds is 36. The molecule has 0 aromatic rings. The Hall–Kier alpha value is -2.94. The van der Waals surface area contributed by atoms with Gasteiger partial charge in [-0.2, -0.15) is 0 Å². The van der Waals surface area contributed by atoms with Crippen LogP contribution in [0.15, 0.2) is 36.5 Å². The summed E-state index contributed by atoms with van der Waals surface area (Å²) in [6.07, 6.45) is 40.6. The third-order valence-corrected chi connectivity index (χ3v) is 8.89. The average molecular weight is 719 g/mol. The molecule has 0 saturated heterocycles. The number of carboxylic acids is 1. The lowest BCUT2D eigenvalue weighted by atomic mass is 10.0.